The predicted octanol–water partition coefficient (Wildman–Crippen LogP) is 2.10. The third kappa shape index (κ3) is 4.54. The first-order valence-corrected chi connectivity index (χ1v) is 11.1. The molecule has 0 bridgehead atoms. The third-order valence-electron chi connectivity index (χ3n) is 5.47. The Kier molecular flexibility index (Phi) is 5.67. The van der Waals surface area contributed by atoms with Gasteiger partial charge in [0.25, 0.3) is 0 Å². The molecule has 2 aliphatic rings. The zero-order chi connectivity index (χ0) is 17.8. The van der Waals surface area contributed by atoms with Gasteiger partial charge >= 0.3 is 0 Å². The fourth-order valence-electron chi connectivity index (χ4n) is 3.78. The van der Waals surface area contributed by atoms with Crippen LogP contribution in [0.3, 0.4) is 0 Å². The van der Waals surface area contributed by atoms with Crippen LogP contribution in [0, 0.1) is 5.92 Å². The molecule has 1 atom stereocenters. The zero-order valence-electron chi connectivity index (χ0n) is 15.0. The van der Waals surface area contributed by atoms with Crippen LogP contribution in [0.1, 0.15) is 38.2 Å². The lowest BCUT2D eigenvalue weighted by molar-refractivity contribution is 0.253. The van der Waals surface area contributed by atoms with E-state index < -0.39 is 9.84 Å². The minimum absolute atomic E-state index is 0.167. The first-order chi connectivity index (χ1) is 12.0. The highest BCUT2D eigenvalue weighted by molar-refractivity contribution is 7.91. The lowest BCUT2D eigenvalue weighted by Crippen LogP contribution is -2.43. The summed E-state index contributed by atoms with van der Waals surface area (Å²) in [6.45, 7) is 4.29. The van der Waals surface area contributed by atoms with Crippen molar-refractivity contribution < 1.29 is 8.42 Å². The molecule has 2 fully saturated rings. The quantitative estimate of drug-likeness (QED) is 0.600. The molecule has 2 N–H and O–H groups in total. The maximum atomic E-state index is 11.6. The van der Waals surface area contributed by atoms with Crippen LogP contribution in [0.5, 0.6) is 0 Å². The standard InChI is InChI=1S/C19H29N3O2S/c1-2-20-18(21-13-16-9-12-25(23,24)14-16)22-15-19(10-6-11-19)17-7-4-3-5-8-17/h3-5,7-8,16H,2,6,9-15H2,1H3,(H2,20,21,22). The number of sulfone groups is 1. The van der Waals surface area contributed by atoms with Gasteiger partial charge in [0.1, 0.15) is 0 Å². The van der Waals surface area contributed by atoms with Gasteiger partial charge < -0.3 is 10.6 Å². The minimum Gasteiger partial charge on any atom is -0.357 e. The second-order valence-corrected chi connectivity index (χ2v) is 9.57. The Labute approximate surface area is 151 Å². The van der Waals surface area contributed by atoms with Gasteiger partial charge in [-0.15, -0.1) is 0 Å². The van der Waals surface area contributed by atoms with Crippen LogP contribution < -0.4 is 10.6 Å². The van der Waals surface area contributed by atoms with Gasteiger partial charge in [0, 0.05) is 18.5 Å². The monoisotopic (exact) mass is 363 g/mol. The SMILES string of the molecule is CCNC(=NCC1(c2ccccc2)CCC1)NCC1CCS(=O)(=O)C1. The fourth-order valence-corrected chi connectivity index (χ4v) is 5.64. The van der Waals surface area contributed by atoms with E-state index in [1.807, 2.05) is 6.92 Å². The van der Waals surface area contributed by atoms with Gasteiger partial charge in [-0.05, 0) is 37.7 Å². The zero-order valence-corrected chi connectivity index (χ0v) is 15.8. The molecule has 6 heteroatoms. The lowest BCUT2D eigenvalue weighted by Gasteiger charge is -2.41. The van der Waals surface area contributed by atoms with Crippen LogP contribution in [0.2, 0.25) is 0 Å². The van der Waals surface area contributed by atoms with Crippen molar-refractivity contribution in [1.82, 2.24) is 10.6 Å². The first kappa shape index (κ1) is 18.2. The molecule has 1 aromatic rings. The average molecular weight is 364 g/mol. The number of nitrogens with zero attached hydrogens (tertiary/aromatic N) is 1. The van der Waals surface area contributed by atoms with E-state index in [1.165, 1.54) is 24.8 Å². The molecular formula is C19H29N3O2S. The molecule has 1 heterocycles. The van der Waals surface area contributed by atoms with Crippen molar-refractivity contribution in [2.75, 3.05) is 31.1 Å². The number of hydrogen-bond donors (Lipinski definition) is 2. The highest BCUT2D eigenvalue weighted by Gasteiger charge is 2.38. The molecule has 0 aromatic heterocycles. The van der Waals surface area contributed by atoms with E-state index in [9.17, 15) is 8.42 Å². The van der Waals surface area contributed by atoms with E-state index >= 15 is 0 Å². The van der Waals surface area contributed by atoms with Crippen molar-refractivity contribution in [1.29, 1.82) is 0 Å². The van der Waals surface area contributed by atoms with Crippen LogP contribution in [0.4, 0.5) is 0 Å². The summed E-state index contributed by atoms with van der Waals surface area (Å²) in [6, 6.07) is 10.7. The van der Waals surface area contributed by atoms with Crippen molar-refractivity contribution >= 4 is 15.8 Å². The predicted molar refractivity (Wildman–Crippen MR) is 103 cm³/mol. The number of benzene rings is 1. The maximum absolute atomic E-state index is 11.6. The Bertz CT molecular complexity index is 697. The molecule has 3 rings (SSSR count). The molecule has 1 aromatic carbocycles. The Balaban J connectivity index is 1.62. The second-order valence-electron chi connectivity index (χ2n) is 7.35. The molecule has 1 unspecified atom stereocenters. The second kappa shape index (κ2) is 7.77. The van der Waals surface area contributed by atoms with E-state index in [0.29, 0.717) is 18.1 Å². The average Bonchev–Trinajstić information content (AvgIpc) is 2.91. The van der Waals surface area contributed by atoms with Crippen molar-refractivity contribution in [3.63, 3.8) is 0 Å². The number of guanidine groups is 1. The largest absolute Gasteiger partial charge is 0.357 e. The fraction of sp³-hybridized carbons (Fsp3) is 0.632. The number of hydrogen-bond acceptors (Lipinski definition) is 3. The Morgan fingerprint density at radius 1 is 1.24 bits per heavy atom. The molecule has 1 aliphatic carbocycles. The first-order valence-electron chi connectivity index (χ1n) is 9.31. The molecule has 0 radical (unpaired) electrons. The maximum Gasteiger partial charge on any atom is 0.191 e. The summed E-state index contributed by atoms with van der Waals surface area (Å²) in [5, 5.41) is 6.64. The van der Waals surface area contributed by atoms with Gasteiger partial charge in [-0.2, -0.15) is 0 Å². The third-order valence-corrected chi connectivity index (χ3v) is 7.30. The summed E-state index contributed by atoms with van der Waals surface area (Å²) in [5.41, 5.74) is 1.54. The van der Waals surface area contributed by atoms with Crippen molar-refractivity contribution in [3.05, 3.63) is 35.9 Å². The summed E-state index contributed by atoms with van der Waals surface area (Å²) in [5.74, 6) is 1.62. The van der Waals surface area contributed by atoms with Crippen LogP contribution >= 0.6 is 0 Å². The summed E-state index contributed by atoms with van der Waals surface area (Å²) >= 11 is 0. The van der Waals surface area contributed by atoms with Crippen LogP contribution in [0.15, 0.2) is 35.3 Å². The molecule has 0 spiro atoms. The van der Waals surface area contributed by atoms with Gasteiger partial charge in [0.2, 0.25) is 0 Å². The summed E-state index contributed by atoms with van der Waals surface area (Å²) < 4.78 is 23.2. The van der Waals surface area contributed by atoms with Crippen molar-refractivity contribution in [2.45, 2.75) is 38.0 Å². The number of nitrogens with one attached hydrogen (secondary N) is 2. The van der Waals surface area contributed by atoms with Crippen LogP contribution in [-0.4, -0.2) is 45.5 Å². The molecule has 1 saturated carbocycles. The summed E-state index contributed by atoms with van der Waals surface area (Å²) in [7, 11) is -2.82. The molecule has 138 valence electrons. The van der Waals surface area contributed by atoms with E-state index in [2.05, 4.69) is 41.0 Å². The van der Waals surface area contributed by atoms with Gasteiger partial charge in [-0.25, -0.2) is 8.42 Å². The van der Waals surface area contributed by atoms with E-state index in [1.54, 1.807) is 0 Å². The van der Waals surface area contributed by atoms with Crippen LogP contribution in [0.25, 0.3) is 0 Å². The number of aliphatic imine (C=N–C) groups is 1. The topological polar surface area (TPSA) is 70.6 Å². The molecule has 0 amide bonds. The van der Waals surface area contributed by atoms with E-state index in [-0.39, 0.29) is 11.3 Å². The Morgan fingerprint density at radius 3 is 2.56 bits per heavy atom. The number of rotatable bonds is 6. The Hall–Kier alpha value is -1.56. The van der Waals surface area contributed by atoms with Gasteiger partial charge in [0.15, 0.2) is 15.8 Å². The smallest absolute Gasteiger partial charge is 0.191 e. The molecular weight excluding hydrogens is 334 g/mol. The van der Waals surface area contributed by atoms with E-state index in [4.69, 9.17) is 4.99 Å². The van der Waals surface area contributed by atoms with Gasteiger partial charge in [0.05, 0.1) is 18.1 Å². The highest BCUT2D eigenvalue weighted by Crippen LogP contribution is 2.43. The van der Waals surface area contributed by atoms with Gasteiger partial charge in [-0.3, -0.25) is 4.99 Å². The van der Waals surface area contributed by atoms with Gasteiger partial charge in [-0.1, -0.05) is 36.8 Å². The van der Waals surface area contributed by atoms with Crippen molar-refractivity contribution in [3.8, 4) is 0 Å². The summed E-state index contributed by atoms with van der Waals surface area (Å²) in [4.78, 5) is 4.83. The minimum atomic E-state index is -2.82. The van der Waals surface area contributed by atoms with Crippen LogP contribution in [-0.2, 0) is 15.3 Å². The lowest BCUT2D eigenvalue weighted by atomic mass is 9.64. The molecule has 25 heavy (non-hydrogen) atoms. The highest BCUT2D eigenvalue weighted by atomic mass is 32.2. The van der Waals surface area contributed by atoms with E-state index in [0.717, 1.165) is 25.5 Å². The molecule has 1 saturated heterocycles. The summed E-state index contributed by atoms with van der Waals surface area (Å²) in [6.07, 6.45) is 4.37. The Morgan fingerprint density at radius 2 is 2.00 bits per heavy atom. The normalized spacial score (nSPS) is 24.5. The van der Waals surface area contributed by atoms with Crippen molar-refractivity contribution in [2.24, 2.45) is 10.9 Å². The molecule has 5 nitrogen and oxygen atoms in total. The molecule has 1 aliphatic heterocycles.